The lowest BCUT2D eigenvalue weighted by Gasteiger charge is -2.39. The van der Waals surface area contributed by atoms with E-state index in [1.165, 1.54) is 0 Å². The van der Waals surface area contributed by atoms with E-state index in [1.54, 1.807) is 20.8 Å². The van der Waals surface area contributed by atoms with Crippen LogP contribution in [-0.4, -0.2) is 45.2 Å². The molecule has 0 amide bonds. The number of ether oxygens (including phenoxy) is 4. The Morgan fingerprint density at radius 3 is 2.43 bits per heavy atom. The molecule has 0 aromatic carbocycles. The molecule has 1 aliphatic rings. The van der Waals surface area contributed by atoms with Gasteiger partial charge in [0.1, 0.15) is 24.9 Å². The molecule has 0 aromatic rings. The van der Waals surface area contributed by atoms with E-state index >= 15 is 0 Å². The van der Waals surface area contributed by atoms with Gasteiger partial charge in [-0.05, 0) is 13.8 Å². The molecule has 0 N–H and O–H groups in total. The maximum absolute atomic E-state index is 5.60. The first kappa shape index (κ1) is 11.9. The van der Waals surface area contributed by atoms with Crippen molar-refractivity contribution in [1.29, 1.82) is 0 Å². The average molecular weight is 203 g/mol. The Morgan fingerprint density at radius 2 is 1.93 bits per heavy atom. The topological polar surface area (TPSA) is 36.9 Å². The smallest absolute Gasteiger partial charge is 0.116 e. The summed E-state index contributed by atoms with van der Waals surface area (Å²) in [6, 6.07) is 0. The first-order chi connectivity index (χ1) is 6.74. The van der Waals surface area contributed by atoms with Crippen LogP contribution in [0.1, 0.15) is 13.8 Å². The lowest BCUT2D eigenvalue weighted by molar-refractivity contribution is -0.191. The molecule has 4 atom stereocenters. The van der Waals surface area contributed by atoms with Crippen LogP contribution in [0, 0.1) is 6.61 Å². The predicted molar refractivity (Wildman–Crippen MR) is 51.9 cm³/mol. The molecule has 0 aliphatic carbocycles. The van der Waals surface area contributed by atoms with Crippen molar-refractivity contribution >= 4 is 0 Å². The molecule has 1 aliphatic heterocycles. The van der Waals surface area contributed by atoms with Crippen LogP contribution >= 0.6 is 0 Å². The third kappa shape index (κ3) is 2.45. The second kappa shape index (κ2) is 5.66. The summed E-state index contributed by atoms with van der Waals surface area (Å²) < 4.78 is 21.6. The first-order valence-electron chi connectivity index (χ1n) is 4.90. The second-order valence-electron chi connectivity index (χ2n) is 3.30. The zero-order valence-electron chi connectivity index (χ0n) is 9.23. The van der Waals surface area contributed by atoms with E-state index in [4.69, 9.17) is 18.9 Å². The summed E-state index contributed by atoms with van der Waals surface area (Å²) in [5, 5.41) is 0. The molecular formula is C10H19O4. The molecule has 0 unspecified atom stereocenters. The van der Waals surface area contributed by atoms with E-state index in [0.29, 0.717) is 6.61 Å². The summed E-state index contributed by atoms with van der Waals surface area (Å²) >= 11 is 0. The van der Waals surface area contributed by atoms with Crippen molar-refractivity contribution < 1.29 is 18.9 Å². The van der Waals surface area contributed by atoms with Crippen molar-refractivity contribution in [2.24, 2.45) is 0 Å². The van der Waals surface area contributed by atoms with Crippen LogP contribution in [0.15, 0.2) is 0 Å². The van der Waals surface area contributed by atoms with Crippen LogP contribution < -0.4 is 0 Å². The fourth-order valence-corrected chi connectivity index (χ4v) is 1.71. The third-order valence-electron chi connectivity index (χ3n) is 2.44. The molecule has 83 valence electrons. The molecule has 14 heavy (non-hydrogen) atoms. The van der Waals surface area contributed by atoms with Gasteiger partial charge in [0.25, 0.3) is 0 Å². The Kier molecular flexibility index (Phi) is 4.81. The maximum atomic E-state index is 5.60. The van der Waals surface area contributed by atoms with E-state index in [-0.39, 0.29) is 24.4 Å². The van der Waals surface area contributed by atoms with Gasteiger partial charge in [0.2, 0.25) is 0 Å². The summed E-state index contributed by atoms with van der Waals surface area (Å²) in [5.74, 6) is 0. The highest BCUT2D eigenvalue weighted by Gasteiger charge is 2.39. The van der Waals surface area contributed by atoms with Gasteiger partial charge in [-0.25, -0.2) is 0 Å². The number of rotatable bonds is 4. The average Bonchev–Trinajstić information content (AvgIpc) is 2.19. The minimum atomic E-state index is -0.156. The fraction of sp³-hybridized carbons (Fsp3) is 0.900. The molecule has 4 heteroatoms. The molecule has 4 nitrogen and oxygen atoms in total. The molecule has 0 saturated carbocycles. The Morgan fingerprint density at radius 1 is 1.21 bits per heavy atom. The Labute approximate surface area is 85.5 Å². The van der Waals surface area contributed by atoms with Crippen molar-refractivity contribution in [2.75, 3.05) is 20.8 Å². The molecule has 0 bridgehead atoms. The quantitative estimate of drug-likeness (QED) is 0.683. The Balaban J connectivity index is 2.64. The molecule has 1 saturated heterocycles. The zero-order chi connectivity index (χ0) is 10.6. The molecule has 1 rings (SSSR count). The second-order valence-corrected chi connectivity index (χ2v) is 3.30. The van der Waals surface area contributed by atoms with Crippen LogP contribution in [0.2, 0.25) is 0 Å². The van der Waals surface area contributed by atoms with E-state index in [0.717, 1.165) is 0 Å². The summed E-state index contributed by atoms with van der Waals surface area (Å²) in [5.41, 5.74) is 0. The maximum Gasteiger partial charge on any atom is 0.116 e. The molecule has 1 heterocycles. The molecular weight excluding hydrogens is 184 g/mol. The normalized spacial score (nSPS) is 38.6. The van der Waals surface area contributed by atoms with Gasteiger partial charge in [0, 0.05) is 20.8 Å². The van der Waals surface area contributed by atoms with Gasteiger partial charge in [-0.2, -0.15) is 0 Å². The van der Waals surface area contributed by atoms with E-state index in [9.17, 15) is 0 Å². The highest BCUT2D eigenvalue weighted by Crippen LogP contribution is 2.24. The highest BCUT2D eigenvalue weighted by atomic mass is 16.6. The van der Waals surface area contributed by atoms with Crippen molar-refractivity contribution in [2.45, 2.75) is 38.3 Å². The molecule has 0 aromatic heterocycles. The van der Waals surface area contributed by atoms with Crippen LogP contribution in [-0.2, 0) is 18.9 Å². The SMILES string of the molecule is CCO[C@@H]1[C@H](OC)[C@@H](C)O[CH][C@@H]1OC. The first-order valence-corrected chi connectivity index (χ1v) is 4.90. The van der Waals surface area contributed by atoms with Crippen molar-refractivity contribution in [3.63, 3.8) is 0 Å². The molecule has 1 fully saturated rings. The summed E-state index contributed by atoms with van der Waals surface area (Å²) in [6.45, 7) is 6.24. The van der Waals surface area contributed by atoms with Crippen LogP contribution in [0.5, 0.6) is 0 Å². The van der Waals surface area contributed by atoms with Gasteiger partial charge in [-0.15, -0.1) is 0 Å². The van der Waals surface area contributed by atoms with Gasteiger partial charge < -0.3 is 18.9 Å². The number of methoxy groups -OCH3 is 2. The van der Waals surface area contributed by atoms with E-state index < -0.39 is 0 Å². The van der Waals surface area contributed by atoms with Crippen molar-refractivity contribution in [3.8, 4) is 0 Å². The molecule has 0 spiro atoms. The summed E-state index contributed by atoms with van der Waals surface area (Å²) in [7, 11) is 3.30. The number of hydrogen-bond donors (Lipinski definition) is 0. The zero-order valence-corrected chi connectivity index (χ0v) is 9.23. The van der Waals surface area contributed by atoms with E-state index in [1.807, 2.05) is 13.8 Å². The molecule has 1 radical (unpaired) electrons. The monoisotopic (exact) mass is 203 g/mol. The van der Waals surface area contributed by atoms with Crippen LogP contribution in [0.25, 0.3) is 0 Å². The number of hydrogen-bond acceptors (Lipinski definition) is 4. The highest BCUT2D eigenvalue weighted by molar-refractivity contribution is 4.93. The predicted octanol–water partition coefficient (Wildman–Crippen LogP) is 1.00. The minimum absolute atomic E-state index is 0.00273. The van der Waals surface area contributed by atoms with Crippen LogP contribution in [0.4, 0.5) is 0 Å². The van der Waals surface area contributed by atoms with E-state index in [2.05, 4.69) is 0 Å². The standard InChI is InChI=1S/C10H19O4/c1-5-13-10-8(11-3)6-14-7(2)9(10)12-4/h6-10H,5H2,1-4H3/t7-,8+,9-,10+/m1/s1. The van der Waals surface area contributed by atoms with Crippen LogP contribution in [0.3, 0.4) is 0 Å². The largest absolute Gasteiger partial charge is 0.376 e. The third-order valence-corrected chi connectivity index (χ3v) is 2.44. The Bertz CT molecular complexity index is 162. The lowest BCUT2D eigenvalue weighted by Crippen LogP contribution is -2.52. The van der Waals surface area contributed by atoms with Gasteiger partial charge in [-0.3, -0.25) is 0 Å². The minimum Gasteiger partial charge on any atom is -0.376 e. The Hall–Kier alpha value is -0.160. The van der Waals surface area contributed by atoms with Crippen molar-refractivity contribution in [3.05, 3.63) is 6.61 Å². The van der Waals surface area contributed by atoms with Gasteiger partial charge >= 0.3 is 0 Å². The van der Waals surface area contributed by atoms with Gasteiger partial charge in [0.05, 0.1) is 6.10 Å². The van der Waals surface area contributed by atoms with Crippen molar-refractivity contribution in [1.82, 2.24) is 0 Å². The fourth-order valence-electron chi connectivity index (χ4n) is 1.71. The summed E-state index contributed by atoms with van der Waals surface area (Å²) in [4.78, 5) is 0. The van der Waals surface area contributed by atoms with Gasteiger partial charge in [-0.1, -0.05) is 0 Å². The lowest BCUT2D eigenvalue weighted by atomic mass is 10.0. The van der Waals surface area contributed by atoms with Gasteiger partial charge in [0.15, 0.2) is 0 Å². The summed E-state index contributed by atoms with van der Waals surface area (Å²) in [6.07, 6.45) is -0.317.